The summed E-state index contributed by atoms with van der Waals surface area (Å²) in [6.07, 6.45) is 0.695. The normalized spacial score (nSPS) is 11.4. The molecule has 0 aliphatic carbocycles. The number of hydrogen-bond acceptors (Lipinski definition) is 1. The van der Waals surface area contributed by atoms with Gasteiger partial charge in [0.25, 0.3) is 0 Å². The molecule has 1 aromatic carbocycles. The van der Waals surface area contributed by atoms with E-state index in [0.717, 1.165) is 0 Å². The van der Waals surface area contributed by atoms with Crippen LogP contribution in [0.1, 0.15) is 5.56 Å². The average Bonchev–Trinajstić information content (AvgIpc) is 2.18. The van der Waals surface area contributed by atoms with Gasteiger partial charge in [-0.1, -0.05) is 23.2 Å². The number of fused-ring (bicyclic) bond motifs is 1. The van der Waals surface area contributed by atoms with Crippen LogP contribution in [0.15, 0.2) is 24.4 Å². The van der Waals surface area contributed by atoms with Crippen molar-refractivity contribution in [3.63, 3.8) is 0 Å². The fourth-order valence-corrected chi connectivity index (χ4v) is 1.67. The minimum absolute atomic E-state index is 0. The molecule has 0 saturated heterocycles. The molecule has 0 radical (unpaired) electrons. The van der Waals surface area contributed by atoms with Gasteiger partial charge in [-0.05, 0) is 13.0 Å². The van der Waals surface area contributed by atoms with Gasteiger partial charge in [-0.15, -0.1) is 0 Å². The van der Waals surface area contributed by atoms with Gasteiger partial charge in [-0.25, -0.2) is 4.39 Å². The smallest absolute Gasteiger partial charge is 0.445 e. The van der Waals surface area contributed by atoms with E-state index < -0.39 is 18.3 Å². The molecule has 2 rings (SSSR count). The largest absolute Gasteiger partial charge is 1.00 e. The molecule has 0 unspecified atom stereocenters. The minimum atomic E-state index is -5.11. The summed E-state index contributed by atoms with van der Waals surface area (Å²) in [6.45, 7) is -3.78. The number of aryl methyl sites for hydroxylation is 1. The molecule has 1 heterocycles. The molecule has 84 valence electrons. The number of rotatable bonds is 1. The molecule has 1 nitrogen and oxygen atoms in total. The van der Waals surface area contributed by atoms with E-state index in [1.54, 1.807) is 0 Å². The molecule has 1 aromatic heterocycles. The molecule has 0 aliphatic rings. The van der Waals surface area contributed by atoms with Crippen molar-refractivity contribution in [3.8, 4) is 0 Å². The van der Waals surface area contributed by atoms with Crippen LogP contribution in [0.3, 0.4) is 0 Å². The molecule has 0 amide bonds. The standard InChI is InChI=1S/C10H7BF4N.K/c1-6-7-3-2-4-9(12)10(7)16-5-8(6)11(13,14)15;/h2-5H,1H3;/q-1;+1. The summed E-state index contributed by atoms with van der Waals surface area (Å²) >= 11 is 0. The third kappa shape index (κ3) is 2.90. The molecule has 17 heavy (non-hydrogen) atoms. The zero-order valence-electron chi connectivity index (χ0n) is 9.35. The van der Waals surface area contributed by atoms with Gasteiger partial charge in [0.2, 0.25) is 0 Å². The van der Waals surface area contributed by atoms with Crippen molar-refractivity contribution in [2.24, 2.45) is 0 Å². The molecule has 7 heteroatoms. The van der Waals surface area contributed by atoms with Gasteiger partial charge in [0, 0.05) is 11.6 Å². The summed E-state index contributed by atoms with van der Waals surface area (Å²) in [5.74, 6) is -0.609. The summed E-state index contributed by atoms with van der Waals surface area (Å²) in [6, 6.07) is 3.98. The van der Waals surface area contributed by atoms with Crippen LogP contribution in [0.2, 0.25) is 0 Å². The molecular weight excluding hydrogens is 260 g/mol. The average molecular weight is 267 g/mol. The van der Waals surface area contributed by atoms with Crippen LogP contribution in [0, 0.1) is 12.7 Å². The van der Waals surface area contributed by atoms with E-state index in [9.17, 15) is 17.3 Å². The molecule has 0 bridgehead atoms. The third-order valence-corrected chi connectivity index (χ3v) is 2.51. The van der Waals surface area contributed by atoms with E-state index in [1.807, 2.05) is 0 Å². The first kappa shape index (κ1) is 15.1. The van der Waals surface area contributed by atoms with Crippen molar-refractivity contribution >= 4 is 23.3 Å². The van der Waals surface area contributed by atoms with Gasteiger partial charge in [-0.2, -0.15) is 0 Å². The Morgan fingerprint density at radius 2 is 1.82 bits per heavy atom. The SMILES string of the molecule is Cc1c([B-](F)(F)F)cnc2c(F)cccc12.[K+]. The van der Waals surface area contributed by atoms with Gasteiger partial charge in [0.1, 0.15) is 11.3 Å². The number of para-hydroxylation sites is 1. The topological polar surface area (TPSA) is 12.9 Å². The summed E-state index contributed by atoms with van der Waals surface area (Å²) in [5.41, 5.74) is -0.765. The molecule has 0 aliphatic heterocycles. The van der Waals surface area contributed by atoms with Crippen molar-refractivity contribution < 1.29 is 68.7 Å². The van der Waals surface area contributed by atoms with Crippen LogP contribution >= 0.6 is 0 Å². The van der Waals surface area contributed by atoms with Crippen LogP contribution in [0.5, 0.6) is 0 Å². The summed E-state index contributed by atoms with van der Waals surface area (Å²) in [4.78, 5) is 3.53. The fraction of sp³-hybridized carbons (Fsp3) is 0.100. The number of benzene rings is 1. The fourth-order valence-electron chi connectivity index (χ4n) is 1.67. The first-order chi connectivity index (χ1) is 7.41. The summed E-state index contributed by atoms with van der Waals surface area (Å²) in [5, 5.41) is 0.205. The van der Waals surface area contributed by atoms with Crippen molar-refractivity contribution in [1.29, 1.82) is 0 Å². The van der Waals surface area contributed by atoms with Gasteiger partial charge in [0.15, 0.2) is 0 Å². The maximum absolute atomic E-state index is 13.3. The van der Waals surface area contributed by atoms with Gasteiger partial charge < -0.3 is 12.9 Å². The van der Waals surface area contributed by atoms with E-state index in [2.05, 4.69) is 4.98 Å². The van der Waals surface area contributed by atoms with Crippen LogP contribution in [0.25, 0.3) is 10.9 Å². The quantitative estimate of drug-likeness (QED) is 0.512. The predicted octanol–water partition coefficient (Wildman–Crippen LogP) is -0.259. The zero-order chi connectivity index (χ0) is 11.9. The Morgan fingerprint density at radius 3 is 2.41 bits per heavy atom. The Morgan fingerprint density at radius 1 is 1.18 bits per heavy atom. The second kappa shape index (κ2) is 5.36. The first-order valence-corrected chi connectivity index (χ1v) is 4.65. The zero-order valence-corrected chi connectivity index (χ0v) is 12.5. The second-order valence-electron chi connectivity index (χ2n) is 3.55. The maximum Gasteiger partial charge on any atom is 1.00 e. The monoisotopic (exact) mass is 267 g/mol. The molecular formula is C10H7BF4KN. The number of pyridine rings is 1. The molecule has 0 spiro atoms. The van der Waals surface area contributed by atoms with Crippen molar-refractivity contribution in [1.82, 2.24) is 4.98 Å². The summed E-state index contributed by atoms with van der Waals surface area (Å²) < 4.78 is 51.1. The molecule has 0 saturated carbocycles. The molecule has 0 atom stereocenters. The number of halogens is 4. The number of hydrogen-bond donors (Lipinski definition) is 0. The van der Waals surface area contributed by atoms with E-state index in [0.29, 0.717) is 6.20 Å². The Hall–Kier alpha value is 0.0513. The molecule has 0 N–H and O–H groups in total. The van der Waals surface area contributed by atoms with Crippen LogP contribution in [-0.4, -0.2) is 12.0 Å². The minimum Gasteiger partial charge on any atom is -0.445 e. The van der Waals surface area contributed by atoms with Gasteiger partial charge in [-0.3, -0.25) is 4.98 Å². The van der Waals surface area contributed by atoms with E-state index in [4.69, 9.17) is 0 Å². The number of aromatic nitrogens is 1. The maximum atomic E-state index is 13.3. The number of nitrogens with zero attached hydrogens (tertiary/aromatic N) is 1. The Kier molecular flexibility index (Phi) is 4.76. The van der Waals surface area contributed by atoms with Crippen molar-refractivity contribution in [2.75, 3.05) is 0 Å². The van der Waals surface area contributed by atoms with Crippen molar-refractivity contribution in [2.45, 2.75) is 6.92 Å². The van der Waals surface area contributed by atoms with Gasteiger partial charge in [0.05, 0.1) is 0 Å². The first-order valence-electron chi connectivity index (χ1n) is 4.65. The van der Waals surface area contributed by atoms with Crippen LogP contribution < -0.4 is 56.8 Å². The van der Waals surface area contributed by atoms with Crippen molar-refractivity contribution in [3.05, 3.63) is 35.8 Å². The van der Waals surface area contributed by atoms with E-state index in [-0.39, 0.29) is 67.9 Å². The molecule has 0 fully saturated rings. The van der Waals surface area contributed by atoms with Gasteiger partial charge >= 0.3 is 58.4 Å². The van der Waals surface area contributed by atoms with Crippen LogP contribution in [0.4, 0.5) is 17.3 Å². The second-order valence-corrected chi connectivity index (χ2v) is 3.55. The molecule has 2 aromatic rings. The Bertz CT molecular complexity index is 556. The Labute approximate surface area is 138 Å². The van der Waals surface area contributed by atoms with E-state index in [1.165, 1.54) is 25.1 Å². The van der Waals surface area contributed by atoms with E-state index >= 15 is 0 Å². The predicted molar refractivity (Wildman–Crippen MR) is 55.2 cm³/mol. The third-order valence-electron chi connectivity index (χ3n) is 2.51. The van der Waals surface area contributed by atoms with Crippen LogP contribution in [-0.2, 0) is 0 Å². The summed E-state index contributed by atoms with van der Waals surface area (Å²) in [7, 11) is 0. The Balaban J connectivity index is 0.00000144.